The summed E-state index contributed by atoms with van der Waals surface area (Å²) in [7, 11) is 1.68. The van der Waals surface area contributed by atoms with Crippen molar-refractivity contribution < 1.29 is 9.53 Å². The highest BCUT2D eigenvalue weighted by atomic mass is 16.5. The van der Waals surface area contributed by atoms with E-state index in [2.05, 4.69) is 4.74 Å². The fourth-order valence-corrected chi connectivity index (χ4v) is 0.965. The molecule has 68 valence electrons. The van der Waals surface area contributed by atoms with Gasteiger partial charge in [-0.3, -0.25) is 0 Å². The van der Waals surface area contributed by atoms with Gasteiger partial charge < -0.3 is 15.0 Å². The van der Waals surface area contributed by atoms with Gasteiger partial charge in [0.1, 0.15) is 11.8 Å². The van der Waals surface area contributed by atoms with E-state index < -0.39 is 5.97 Å². The number of hydrogen-bond donors (Lipinski definition) is 1. The molecule has 5 heteroatoms. The first-order chi connectivity index (χ1) is 6.15. The largest absolute Gasteiger partial charge is 0.446 e. The number of hydrogen-bond acceptors (Lipinski definition) is 4. The predicted molar refractivity (Wildman–Crippen MR) is 45.7 cm³/mol. The van der Waals surface area contributed by atoms with Crippen molar-refractivity contribution in [1.82, 2.24) is 4.57 Å². The van der Waals surface area contributed by atoms with Gasteiger partial charge in [-0.15, -0.1) is 0 Å². The van der Waals surface area contributed by atoms with E-state index in [-0.39, 0.29) is 6.61 Å². The Bertz CT molecular complexity index is 362. The molecule has 1 aromatic rings. The van der Waals surface area contributed by atoms with E-state index in [0.29, 0.717) is 11.4 Å². The standard InChI is InChI=1S/C8H9N3O2/c1-11-5-6(10)4-7(11)8(12)13-3-2-9/h4-5H,3,10H2,1H3. The lowest BCUT2D eigenvalue weighted by Gasteiger charge is -2.00. The van der Waals surface area contributed by atoms with E-state index in [1.54, 1.807) is 23.9 Å². The summed E-state index contributed by atoms with van der Waals surface area (Å²) in [5.41, 5.74) is 6.28. The summed E-state index contributed by atoms with van der Waals surface area (Å²) in [6, 6.07) is 3.21. The number of anilines is 1. The quantitative estimate of drug-likeness (QED) is 0.661. The van der Waals surface area contributed by atoms with Gasteiger partial charge in [0.2, 0.25) is 0 Å². The minimum atomic E-state index is -0.541. The third-order valence-corrected chi connectivity index (χ3v) is 1.50. The second kappa shape index (κ2) is 3.63. The first-order valence-electron chi connectivity index (χ1n) is 3.61. The summed E-state index contributed by atoms with van der Waals surface area (Å²) in [6.07, 6.45) is 1.60. The van der Waals surface area contributed by atoms with Crippen LogP contribution in [0, 0.1) is 11.3 Å². The van der Waals surface area contributed by atoms with Crippen LogP contribution in [0.1, 0.15) is 10.5 Å². The minimum Gasteiger partial charge on any atom is -0.446 e. The minimum absolute atomic E-state index is 0.246. The van der Waals surface area contributed by atoms with E-state index in [1.165, 1.54) is 6.07 Å². The molecule has 0 radical (unpaired) electrons. The molecule has 0 aromatic carbocycles. The van der Waals surface area contributed by atoms with Crippen LogP contribution in [0.15, 0.2) is 12.3 Å². The van der Waals surface area contributed by atoms with Crippen LogP contribution in [0.25, 0.3) is 0 Å². The van der Waals surface area contributed by atoms with E-state index >= 15 is 0 Å². The highest BCUT2D eigenvalue weighted by Gasteiger charge is 2.11. The third-order valence-electron chi connectivity index (χ3n) is 1.50. The van der Waals surface area contributed by atoms with E-state index in [9.17, 15) is 4.79 Å². The van der Waals surface area contributed by atoms with Gasteiger partial charge in [-0.05, 0) is 6.07 Å². The van der Waals surface area contributed by atoms with Crippen molar-refractivity contribution >= 4 is 11.7 Å². The van der Waals surface area contributed by atoms with Crippen LogP contribution in [0.4, 0.5) is 5.69 Å². The number of carbonyl (C=O) groups is 1. The molecular formula is C8H9N3O2. The molecular weight excluding hydrogens is 170 g/mol. The average molecular weight is 179 g/mol. The van der Waals surface area contributed by atoms with Crippen molar-refractivity contribution in [2.45, 2.75) is 0 Å². The van der Waals surface area contributed by atoms with Crippen LogP contribution in [0.5, 0.6) is 0 Å². The van der Waals surface area contributed by atoms with Crippen molar-refractivity contribution in [3.63, 3.8) is 0 Å². The summed E-state index contributed by atoms with van der Waals surface area (Å²) < 4.78 is 6.15. The number of ether oxygens (including phenoxy) is 1. The maximum absolute atomic E-state index is 11.2. The van der Waals surface area contributed by atoms with E-state index in [4.69, 9.17) is 11.0 Å². The monoisotopic (exact) mass is 179 g/mol. The van der Waals surface area contributed by atoms with Crippen LogP contribution in [-0.2, 0) is 11.8 Å². The average Bonchev–Trinajstić information content (AvgIpc) is 2.41. The highest BCUT2D eigenvalue weighted by Crippen LogP contribution is 2.09. The Morgan fingerprint density at radius 1 is 1.85 bits per heavy atom. The summed E-state index contributed by atoms with van der Waals surface area (Å²) in [5.74, 6) is -0.541. The van der Waals surface area contributed by atoms with Crippen LogP contribution in [0.2, 0.25) is 0 Å². The Balaban J connectivity index is 2.78. The molecule has 1 heterocycles. The van der Waals surface area contributed by atoms with Gasteiger partial charge in [-0.1, -0.05) is 0 Å². The van der Waals surface area contributed by atoms with Gasteiger partial charge in [0.15, 0.2) is 6.61 Å². The number of esters is 1. The Kier molecular flexibility index (Phi) is 2.55. The Hall–Kier alpha value is -1.96. The molecule has 0 saturated heterocycles. The number of nitrogen functional groups attached to an aromatic ring is 1. The molecule has 5 nitrogen and oxygen atoms in total. The van der Waals surface area contributed by atoms with Gasteiger partial charge >= 0.3 is 5.97 Å². The second-order valence-electron chi connectivity index (χ2n) is 2.50. The number of carbonyl (C=O) groups excluding carboxylic acids is 1. The second-order valence-corrected chi connectivity index (χ2v) is 2.50. The smallest absolute Gasteiger partial charge is 0.356 e. The fraction of sp³-hybridized carbons (Fsp3) is 0.250. The number of nitrogens with two attached hydrogens (primary N) is 1. The summed E-state index contributed by atoms with van der Waals surface area (Å²) in [6.45, 7) is -0.246. The van der Waals surface area contributed by atoms with Crippen molar-refractivity contribution in [3.05, 3.63) is 18.0 Å². The molecule has 0 unspecified atom stereocenters. The van der Waals surface area contributed by atoms with Gasteiger partial charge in [-0.25, -0.2) is 4.79 Å². The fourth-order valence-electron chi connectivity index (χ4n) is 0.965. The zero-order valence-electron chi connectivity index (χ0n) is 7.15. The number of aromatic nitrogens is 1. The van der Waals surface area contributed by atoms with Crippen molar-refractivity contribution in [2.24, 2.45) is 7.05 Å². The molecule has 0 aliphatic rings. The third kappa shape index (κ3) is 1.99. The maximum Gasteiger partial charge on any atom is 0.356 e. The molecule has 13 heavy (non-hydrogen) atoms. The van der Waals surface area contributed by atoms with E-state index in [0.717, 1.165) is 0 Å². The topological polar surface area (TPSA) is 81.0 Å². The molecule has 0 atom stereocenters. The first-order valence-corrected chi connectivity index (χ1v) is 3.61. The van der Waals surface area contributed by atoms with Crippen LogP contribution in [0.3, 0.4) is 0 Å². The number of aryl methyl sites for hydroxylation is 1. The van der Waals surface area contributed by atoms with Crippen LogP contribution >= 0.6 is 0 Å². The molecule has 1 aromatic heterocycles. The zero-order valence-corrected chi connectivity index (χ0v) is 7.15. The number of nitriles is 1. The molecule has 0 aliphatic carbocycles. The lowest BCUT2D eigenvalue weighted by molar-refractivity contribution is 0.0544. The molecule has 0 saturated carbocycles. The molecule has 1 rings (SSSR count). The summed E-state index contributed by atoms with van der Waals surface area (Å²) in [5, 5.41) is 8.18. The van der Waals surface area contributed by atoms with Crippen molar-refractivity contribution in [1.29, 1.82) is 5.26 Å². The maximum atomic E-state index is 11.2. The van der Waals surface area contributed by atoms with Crippen LogP contribution in [-0.4, -0.2) is 17.1 Å². The van der Waals surface area contributed by atoms with Crippen LogP contribution < -0.4 is 5.73 Å². The number of nitrogens with zero attached hydrogens (tertiary/aromatic N) is 2. The van der Waals surface area contributed by atoms with Gasteiger partial charge in [0, 0.05) is 13.2 Å². The molecule has 0 amide bonds. The molecule has 0 spiro atoms. The lowest BCUT2D eigenvalue weighted by Crippen LogP contribution is -2.09. The van der Waals surface area contributed by atoms with Crippen molar-refractivity contribution in [3.8, 4) is 6.07 Å². The first kappa shape index (κ1) is 9.13. The predicted octanol–water partition coefficient (Wildman–Crippen LogP) is 0.288. The van der Waals surface area contributed by atoms with Gasteiger partial charge in [0.25, 0.3) is 0 Å². The Labute approximate surface area is 75.3 Å². The zero-order chi connectivity index (χ0) is 9.84. The van der Waals surface area contributed by atoms with Crippen molar-refractivity contribution in [2.75, 3.05) is 12.3 Å². The van der Waals surface area contributed by atoms with Gasteiger partial charge in [-0.2, -0.15) is 5.26 Å². The highest BCUT2D eigenvalue weighted by molar-refractivity contribution is 5.89. The molecule has 0 aliphatic heterocycles. The number of rotatable bonds is 2. The molecule has 0 fully saturated rings. The SMILES string of the molecule is Cn1cc(N)cc1C(=O)OCC#N. The van der Waals surface area contributed by atoms with E-state index in [1.807, 2.05) is 0 Å². The van der Waals surface area contributed by atoms with Gasteiger partial charge in [0.05, 0.1) is 5.69 Å². The summed E-state index contributed by atoms with van der Waals surface area (Å²) >= 11 is 0. The molecule has 0 bridgehead atoms. The Morgan fingerprint density at radius 2 is 2.54 bits per heavy atom. The summed E-state index contributed by atoms with van der Waals surface area (Å²) in [4.78, 5) is 11.2. The Morgan fingerprint density at radius 3 is 3.00 bits per heavy atom. The lowest BCUT2D eigenvalue weighted by atomic mass is 10.4. The molecule has 2 N–H and O–H groups in total. The normalized spacial score (nSPS) is 9.23.